The maximum Gasteiger partial charge on any atom is 0.252 e. The van der Waals surface area contributed by atoms with Gasteiger partial charge in [-0.3, -0.25) is 15.2 Å². The zero-order chi connectivity index (χ0) is 19.9. The maximum absolute atomic E-state index is 12.7. The van der Waals surface area contributed by atoms with E-state index in [1.165, 1.54) is 38.5 Å². The number of ether oxygens (including phenoxy) is 1. The van der Waals surface area contributed by atoms with Crippen molar-refractivity contribution in [2.75, 3.05) is 0 Å². The van der Waals surface area contributed by atoms with Gasteiger partial charge in [0.15, 0.2) is 0 Å². The van der Waals surface area contributed by atoms with Gasteiger partial charge in [0.2, 0.25) is 0 Å². The lowest BCUT2D eigenvalue weighted by molar-refractivity contribution is 0.0931. The van der Waals surface area contributed by atoms with Crippen LogP contribution in [0.25, 0.3) is 0 Å². The molecule has 2 heterocycles. The molecule has 3 N–H and O–H groups in total. The first-order chi connectivity index (χ1) is 14.3. The summed E-state index contributed by atoms with van der Waals surface area (Å²) in [6, 6.07) is 11.6. The SMILES string of the molecule is O=C(NC1CC(CC2CCCCC2)NN1)c1cccc(OCc2cccnc2)c1. The van der Waals surface area contributed by atoms with E-state index < -0.39 is 0 Å². The highest BCUT2D eigenvalue weighted by Crippen LogP contribution is 2.28. The molecule has 2 atom stereocenters. The molecular formula is C23H30N4O2. The first kappa shape index (κ1) is 19.9. The zero-order valence-electron chi connectivity index (χ0n) is 16.8. The summed E-state index contributed by atoms with van der Waals surface area (Å²) in [7, 11) is 0. The average Bonchev–Trinajstić information content (AvgIpc) is 3.20. The van der Waals surface area contributed by atoms with Gasteiger partial charge in [0.05, 0.1) is 6.17 Å². The number of carbonyl (C=O) groups excluding carboxylic acids is 1. The van der Waals surface area contributed by atoms with Crippen molar-refractivity contribution in [2.45, 2.75) is 63.8 Å². The lowest BCUT2D eigenvalue weighted by Crippen LogP contribution is -2.44. The van der Waals surface area contributed by atoms with E-state index in [0.717, 1.165) is 17.9 Å². The number of aromatic nitrogens is 1. The van der Waals surface area contributed by atoms with Crippen LogP contribution in [-0.4, -0.2) is 23.1 Å². The van der Waals surface area contributed by atoms with Crippen molar-refractivity contribution in [3.05, 3.63) is 59.9 Å². The zero-order valence-corrected chi connectivity index (χ0v) is 16.8. The highest BCUT2D eigenvalue weighted by Gasteiger charge is 2.28. The van der Waals surface area contributed by atoms with Gasteiger partial charge in [-0.1, -0.05) is 44.2 Å². The Bertz CT molecular complexity index is 792. The van der Waals surface area contributed by atoms with Crippen LogP contribution in [0.1, 0.15) is 60.9 Å². The second kappa shape index (κ2) is 9.85. The monoisotopic (exact) mass is 394 g/mol. The Hall–Kier alpha value is -2.44. The number of hydrazine groups is 1. The van der Waals surface area contributed by atoms with Crippen LogP contribution in [0, 0.1) is 5.92 Å². The van der Waals surface area contributed by atoms with Gasteiger partial charge in [0.25, 0.3) is 5.91 Å². The number of hydrogen-bond donors (Lipinski definition) is 3. The van der Waals surface area contributed by atoms with E-state index in [1.807, 2.05) is 30.3 Å². The van der Waals surface area contributed by atoms with Crippen LogP contribution >= 0.6 is 0 Å². The molecule has 0 radical (unpaired) electrons. The smallest absolute Gasteiger partial charge is 0.252 e. The van der Waals surface area contributed by atoms with Gasteiger partial charge < -0.3 is 10.1 Å². The van der Waals surface area contributed by atoms with Crippen molar-refractivity contribution in [3.8, 4) is 5.75 Å². The summed E-state index contributed by atoms with van der Waals surface area (Å²) >= 11 is 0. The largest absolute Gasteiger partial charge is 0.489 e. The lowest BCUT2D eigenvalue weighted by Gasteiger charge is -2.24. The summed E-state index contributed by atoms with van der Waals surface area (Å²) in [4.78, 5) is 16.8. The number of amides is 1. The molecule has 2 aliphatic rings. The van der Waals surface area contributed by atoms with Gasteiger partial charge in [-0.05, 0) is 43.0 Å². The van der Waals surface area contributed by atoms with E-state index in [1.54, 1.807) is 18.5 Å². The van der Waals surface area contributed by atoms with Crippen molar-refractivity contribution in [1.29, 1.82) is 0 Å². The van der Waals surface area contributed by atoms with Crippen LogP contribution in [0.5, 0.6) is 5.75 Å². The molecule has 1 aliphatic carbocycles. The Morgan fingerprint density at radius 1 is 1.14 bits per heavy atom. The van der Waals surface area contributed by atoms with Gasteiger partial charge in [0.1, 0.15) is 12.4 Å². The number of carbonyl (C=O) groups is 1. The Morgan fingerprint density at radius 3 is 2.86 bits per heavy atom. The fraction of sp³-hybridized carbons (Fsp3) is 0.478. The Labute approximate surface area is 172 Å². The number of rotatable bonds is 7. The molecule has 29 heavy (non-hydrogen) atoms. The van der Waals surface area contributed by atoms with Crippen LogP contribution in [0.4, 0.5) is 0 Å². The average molecular weight is 395 g/mol. The van der Waals surface area contributed by atoms with E-state index in [9.17, 15) is 4.79 Å². The van der Waals surface area contributed by atoms with Gasteiger partial charge >= 0.3 is 0 Å². The van der Waals surface area contributed by atoms with E-state index in [4.69, 9.17) is 4.74 Å². The molecule has 1 saturated heterocycles. The van der Waals surface area contributed by atoms with E-state index in [-0.39, 0.29) is 12.1 Å². The summed E-state index contributed by atoms with van der Waals surface area (Å²) in [6.07, 6.45) is 12.4. The van der Waals surface area contributed by atoms with E-state index >= 15 is 0 Å². The fourth-order valence-corrected chi connectivity index (χ4v) is 4.32. The molecule has 0 bridgehead atoms. The summed E-state index contributed by atoms with van der Waals surface area (Å²) in [5.41, 5.74) is 8.20. The van der Waals surface area contributed by atoms with Crippen LogP contribution in [-0.2, 0) is 6.61 Å². The topological polar surface area (TPSA) is 75.3 Å². The minimum Gasteiger partial charge on any atom is -0.489 e. The molecule has 1 aromatic carbocycles. The molecular weight excluding hydrogens is 364 g/mol. The molecule has 1 amide bonds. The number of pyridine rings is 1. The first-order valence-electron chi connectivity index (χ1n) is 10.7. The van der Waals surface area contributed by atoms with Crippen molar-refractivity contribution >= 4 is 5.91 Å². The van der Waals surface area contributed by atoms with Gasteiger partial charge in [0, 0.05) is 29.6 Å². The molecule has 154 valence electrons. The lowest BCUT2D eigenvalue weighted by atomic mass is 9.84. The highest BCUT2D eigenvalue weighted by atomic mass is 16.5. The molecule has 1 aliphatic heterocycles. The Balaban J connectivity index is 1.26. The van der Waals surface area contributed by atoms with Crippen LogP contribution in [0.15, 0.2) is 48.8 Å². The molecule has 4 rings (SSSR count). The Kier molecular flexibility index (Phi) is 6.75. The summed E-state index contributed by atoms with van der Waals surface area (Å²) < 4.78 is 5.81. The summed E-state index contributed by atoms with van der Waals surface area (Å²) in [5.74, 6) is 1.41. The molecule has 6 nitrogen and oxygen atoms in total. The second-order valence-electron chi connectivity index (χ2n) is 8.16. The second-order valence-corrected chi connectivity index (χ2v) is 8.16. The predicted octanol–water partition coefficient (Wildman–Crippen LogP) is 3.55. The third-order valence-corrected chi connectivity index (χ3v) is 5.85. The predicted molar refractivity (Wildman–Crippen MR) is 112 cm³/mol. The molecule has 2 aromatic rings. The van der Waals surface area contributed by atoms with Gasteiger partial charge in [-0.2, -0.15) is 0 Å². The molecule has 0 spiro atoms. The number of nitrogens with zero attached hydrogens (tertiary/aromatic N) is 1. The van der Waals surface area contributed by atoms with Crippen LogP contribution in [0.2, 0.25) is 0 Å². The van der Waals surface area contributed by atoms with Gasteiger partial charge in [-0.25, -0.2) is 5.43 Å². The third kappa shape index (κ3) is 5.78. The first-order valence-corrected chi connectivity index (χ1v) is 10.7. The summed E-state index contributed by atoms with van der Waals surface area (Å²) in [5, 5.41) is 3.09. The third-order valence-electron chi connectivity index (χ3n) is 5.85. The minimum absolute atomic E-state index is 0.0453. The van der Waals surface area contributed by atoms with Crippen molar-refractivity contribution in [1.82, 2.24) is 21.2 Å². The molecule has 6 heteroatoms. The van der Waals surface area contributed by atoms with Gasteiger partial charge in [-0.15, -0.1) is 0 Å². The van der Waals surface area contributed by atoms with Crippen molar-refractivity contribution in [2.24, 2.45) is 5.92 Å². The minimum atomic E-state index is -0.0885. The highest BCUT2D eigenvalue weighted by molar-refractivity contribution is 5.94. The normalized spacial score (nSPS) is 22.3. The number of hydrogen-bond acceptors (Lipinski definition) is 5. The van der Waals surface area contributed by atoms with Crippen molar-refractivity contribution < 1.29 is 9.53 Å². The number of nitrogens with one attached hydrogen (secondary N) is 3. The Morgan fingerprint density at radius 2 is 2.03 bits per heavy atom. The molecule has 1 saturated carbocycles. The van der Waals surface area contributed by atoms with E-state index in [2.05, 4.69) is 21.2 Å². The fourth-order valence-electron chi connectivity index (χ4n) is 4.32. The van der Waals surface area contributed by atoms with Crippen LogP contribution < -0.4 is 20.9 Å². The summed E-state index contributed by atoms with van der Waals surface area (Å²) in [6.45, 7) is 0.426. The molecule has 1 aromatic heterocycles. The number of benzene rings is 1. The van der Waals surface area contributed by atoms with E-state index in [0.29, 0.717) is 24.0 Å². The molecule has 2 unspecified atom stereocenters. The van der Waals surface area contributed by atoms with Crippen molar-refractivity contribution in [3.63, 3.8) is 0 Å². The maximum atomic E-state index is 12.7. The van der Waals surface area contributed by atoms with Crippen LogP contribution in [0.3, 0.4) is 0 Å². The standard InChI is InChI=1S/C23H30N4O2/c28-23(25-22-14-20(26-27-22)12-17-6-2-1-3-7-17)19-9-4-10-21(13-19)29-16-18-8-5-11-24-15-18/h4-5,8-11,13,15,17,20,22,26-27H,1-3,6-7,12,14,16H2,(H,25,28). The quantitative estimate of drug-likeness (QED) is 0.670. The molecule has 2 fully saturated rings.